The average molecular weight is 806 g/mol. The van der Waals surface area contributed by atoms with Gasteiger partial charge in [-0.3, -0.25) is 9.59 Å². The van der Waals surface area contributed by atoms with Gasteiger partial charge < -0.3 is 37.9 Å². The number of nitrogens with zero attached hydrogens (tertiary/aromatic N) is 1. The third kappa shape index (κ3) is 41.7. The van der Waals surface area contributed by atoms with Gasteiger partial charge in [0.25, 0.3) is 0 Å². The summed E-state index contributed by atoms with van der Waals surface area (Å²) in [6, 6.07) is 0. The van der Waals surface area contributed by atoms with Gasteiger partial charge in [-0.1, -0.05) is 174 Å². The highest BCUT2D eigenvalue weighted by Gasteiger charge is 2.25. The number of halogens is 1. The number of likely N-dealkylation sites (N-methyl/N-ethyl adjacent to an activating group) is 1. The van der Waals surface area contributed by atoms with Crippen LogP contribution in [0, 0.1) is 0 Å². The van der Waals surface area contributed by atoms with Gasteiger partial charge in [0.2, 0.25) is 0 Å². The van der Waals surface area contributed by atoms with Crippen molar-refractivity contribution in [1.29, 1.82) is 0 Å². The van der Waals surface area contributed by atoms with Gasteiger partial charge in [-0.05, 0) is 38.5 Å². The van der Waals surface area contributed by atoms with E-state index in [-0.39, 0.29) is 42.3 Å². The van der Waals surface area contributed by atoms with E-state index >= 15 is 0 Å². The number of allylic oxidation sites excluding steroid dienone is 2. The Morgan fingerprint density at radius 2 is 0.878 bits per heavy atom. The van der Waals surface area contributed by atoms with Crippen molar-refractivity contribution in [2.75, 3.05) is 34.3 Å². The van der Waals surface area contributed by atoms with Gasteiger partial charge >= 0.3 is 11.9 Å². The monoisotopic (exact) mass is 806 g/mol. The van der Waals surface area contributed by atoms with Crippen LogP contribution in [0.2, 0.25) is 0 Å². The molecule has 0 aromatic heterocycles. The third-order valence-corrected chi connectivity index (χ3v) is 9.35. The molecule has 0 aliphatic carbocycles. The molecule has 292 valence electrons. The van der Waals surface area contributed by atoms with E-state index in [1.165, 1.54) is 154 Å². The van der Waals surface area contributed by atoms with Crippen molar-refractivity contribution in [2.24, 2.45) is 0 Å². The molecule has 0 aromatic carbocycles. The van der Waals surface area contributed by atoms with Crippen molar-refractivity contribution in [3.8, 4) is 0 Å². The van der Waals surface area contributed by atoms with E-state index < -0.39 is 6.10 Å². The first kappa shape index (κ1) is 50.5. The minimum Gasteiger partial charge on any atom is -1.00 e. The Labute approximate surface area is 323 Å². The molecule has 1 atom stereocenters. The Hall–Kier alpha value is -0.630. The maximum absolute atomic E-state index is 12.6. The molecular formula is C43H84INO4. The molecule has 0 bridgehead atoms. The summed E-state index contributed by atoms with van der Waals surface area (Å²) in [5, 5.41) is 0. The molecule has 0 aliphatic heterocycles. The van der Waals surface area contributed by atoms with E-state index in [1.54, 1.807) is 0 Å². The van der Waals surface area contributed by atoms with Gasteiger partial charge in [0, 0.05) is 6.42 Å². The summed E-state index contributed by atoms with van der Waals surface area (Å²) in [6.45, 7) is 5.62. The Kier molecular flexibility index (Phi) is 39.8. The highest BCUT2D eigenvalue weighted by Crippen LogP contribution is 2.15. The molecule has 5 nitrogen and oxygen atoms in total. The standard InChI is InChI=1S/C43H84NO4.HI/c1-6-8-10-12-14-16-18-20-22-24-26-28-30-32-34-36-38-47-43(46)39-41(40-44(3,4)5)48-42(45)37-35-33-31-29-27-25-23-21-19-17-15-13-11-9-7-2;/h21,23,41H,6-20,22,24-40H2,1-5H3;1H/q+1;/p-1/b23-21-;. The lowest BCUT2D eigenvalue weighted by atomic mass is 10.0. The summed E-state index contributed by atoms with van der Waals surface area (Å²) in [7, 11) is 6.19. The zero-order chi connectivity index (χ0) is 35.4. The van der Waals surface area contributed by atoms with Crippen LogP contribution in [0.4, 0.5) is 0 Å². The minimum absolute atomic E-state index is 0. The molecule has 0 aliphatic rings. The molecule has 6 heteroatoms. The van der Waals surface area contributed by atoms with Crippen molar-refractivity contribution in [3.63, 3.8) is 0 Å². The molecule has 0 heterocycles. The highest BCUT2D eigenvalue weighted by molar-refractivity contribution is 5.72. The fourth-order valence-electron chi connectivity index (χ4n) is 6.42. The molecule has 0 saturated heterocycles. The van der Waals surface area contributed by atoms with E-state index in [0.29, 0.717) is 24.1 Å². The fraction of sp³-hybridized carbons (Fsp3) is 0.907. The third-order valence-electron chi connectivity index (χ3n) is 9.35. The van der Waals surface area contributed by atoms with Crippen LogP contribution < -0.4 is 24.0 Å². The Morgan fingerprint density at radius 1 is 0.510 bits per heavy atom. The maximum Gasteiger partial charge on any atom is 0.309 e. The molecule has 49 heavy (non-hydrogen) atoms. The van der Waals surface area contributed by atoms with Crippen LogP contribution in [-0.2, 0) is 19.1 Å². The summed E-state index contributed by atoms with van der Waals surface area (Å²) in [4.78, 5) is 25.2. The van der Waals surface area contributed by atoms with E-state index in [1.807, 2.05) is 0 Å². The second-order valence-electron chi connectivity index (χ2n) is 15.6. The summed E-state index contributed by atoms with van der Waals surface area (Å²) in [5.74, 6) is -0.431. The van der Waals surface area contributed by atoms with Gasteiger partial charge in [0.1, 0.15) is 6.54 Å². The van der Waals surface area contributed by atoms with Crippen LogP contribution in [0.5, 0.6) is 0 Å². The van der Waals surface area contributed by atoms with E-state index in [9.17, 15) is 9.59 Å². The second kappa shape index (κ2) is 38.6. The number of carbonyl (C=O) groups excluding carboxylic acids is 2. The molecule has 0 spiro atoms. The zero-order valence-corrected chi connectivity index (χ0v) is 35.7. The topological polar surface area (TPSA) is 52.6 Å². The maximum atomic E-state index is 12.6. The molecule has 0 rings (SSSR count). The molecule has 0 fully saturated rings. The summed E-state index contributed by atoms with van der Waals surface area (Å²) in [5.41, 5.74) is 0. The van der Waals surface area contributed by atoms with E-state index in [0.717, 1.165) is 32.1 Å². The molecule has 0 amide bonds. The zero-order valence-electron chi connectivity index (χ0n) is 33.5. The van der Waals surface area contributed by atoms with Crippen LogP contribution in [-0.4, -0.2) is 56.8 Å². The highest BCUT2D eigenvalue weighted by atomic mass is 127. The van der Waals surface area contributed by atoms with Crippen LogP contribution >= 0.6 is 0 Å². The molecular weight excluding hydrogens is 721 g/mol. The van der Waals surface area contributed by atoms with Crippen LogP contribution in [0.1, 0.15) is 213 Å². The van der Waals surface area contributed by atoms with Crippen LogP contribution in [0.25, 0.3) is 0 Å². The molecule has 1 unspecified atom stereocenters. The number of esters is 2. The molecule has 0 saturated carbocycles. The van der Waals surface area contributed by atoms with Crippen molar-refractivity contribution in [3.05, 3.63) is 12.2 Å². The average Bonchev–Trinajstić information content (AvgIpc) is 3.03. The molecule has 0 N–H and O–H groups in total. The first-order valence-electron chi connectivity index (χ1n) is 21.1. The van der Waals surface area contributed by atoms with Gasteiger partial charge in [-0.15, -0.1) is 0 Å². The summed E-state index contributed by atoms with van der Waals surface area (Å²) >= 11 is 0. The van der Waals surface area contributed by atoms with Crippen molar-refractivity contribution < 1.29 is 47.5 Å². The normalized spacial score (nSPS) is 12.3. The van der Waals surface area contributed by atoms with Crippen LogP contribution in [0.3, 0.4) is 0 Å². The van der Waals surface area contributed by atoms with E-state index in [4.69, 9.17) is 9.47 Å². The Balaban J connectivity index is 0. The molecule has 0 aromatic rings. The SMILES string of the molecule is CCCCCCCC/C=C\CCCCCCCC(=O)OC(CC(=O)OCCCCCCCCCCCCCCCCCC)C[N+](C)(C)C.[I-]. The van der Waals surface area contributed by atoms with Crippen LogP contribution in [0.15, 0.2) is 12.2 Å². The number of ether oxygens (including phenoxy) is 2. The largest absolute Gasteiger partial charge is 1.00 e. The quantitative estimate of drug-likeness (QED) is 0.0206. The number of carbonyl (C=O) groups is 2. The lowest BCUT2D eigenvalue weighted by molar-refractivity contribution is -0.873. The fourth-order valence-corrected chi connectivity index (χ4v) is 6.42. The first-order chi connectivity index (χ1) is 23.3. The molecule has 0 radical (unpaired) electrons. The smallest absolute Gasteiger partial charge is 0.309 e. The minimum atomic E-state index is -0.432. The van der Waals surface area contributed by atoms with E-state index in [2.05, 4.69) is 47.1 Å². The first-order valence-corrected chi connectivity index (χ1v) is 21.1. The predicted molar refractivity (Wildman–Crippen MR) is 207 cm³/mol. The van der Waals surface area contributed by atoms with Gasteiger partial charge in [0.15, 0.2) is 6.10 Å². The summed E-state index contributed by atoms with van der Waals surface area (Å²) < 4.78 is 12.0. The van der Waals surface area contributed by atoms with Crippen molar-refractivity contribution in [1.82, 2.24) is 0 Å². The Bertz CT molecular complexity index is 736. The number of unbranched alkanes of at least 4 members (excludes halogenated alkanes) is 26. The van der Waals surface area contributed by atoms with Gasteiger partial charge in [0.05, 0.1) is 34.2 Å². The lowest BCUT2D eigenvalue weighted by Gasteiger charge is -2.28. The lowest BCUT2D eigenvalue weighted by Crippen LogP contribution is -3.00. The van der Waals surface area contributed by atoms with Gasteiger partial charge in [-0.25, -0.2) is 0 Å². The van der Waals surface area contributed by atoms with Gasteiger partial charge in [-0.2, -0.15) is 0 Å². The number of quaternary nitrogens is 1. The van der Waals surface area contributed by atoms with Crippen molar-refractivity contribution in [2.45, 2.75) is 219 Å². The Morgan fingerprint density at radius 3 is 1.29 bits per heavy atom. The summed E-state index contributed by atoms with van der Waals surface area (Å²) in [6.07, 6.45) is 42.2. The van der Waals surface area contributed by atoms with Crippen molar-refractivity contribution >= 4 is 11.9 Å². The number of hydrogen-bond donors (Lipinski definition) is 0. The predicted octanol–water partition coefficient (Wildman–Crippen LogP) is 9.84. The second-order valence-corrected chi connectivity index (χ2v) is 15.6. The number of rotatable bonds is 37. The number of hydrogen-bond acceptors (Lipinski definition) is 4.